The summed E-state index contributed by atoms with van der Waals surface area (Å²) in [6, 6.07) is -0.0510. The first-order valence-corrected chi connectivity index (χ1v) is 8.83. The van der Waals surface area contributed by atoms with E-state index in [1.54, 1.807) is 17.1 Å². The third-order valence-electron chi connectivity index (χ3n) is 4.80. The van der Waals surface area contributed by atoms with Crippen LogP contribution in [-0.4, -0.2) is 31.7 Å². The molecule has 4 atom stereocenters. The number of aromatic nitrogens is 4. The maximum Gasteiger partial charge on any atom is 0.229 e. The summed E-state index contributed by atoms with van der Waals surface area (Å²) < 4.78 is 2.43. The molecule has 2 aliphatic carbocycles. The van der Waals surface area contributed by atoms with Crippen molar-refractivity contribution in [3.63, 3.8) is 0 Å². The first kappa shape index (κ1) is 16.1. The Bertz CT molecular complexity index is 849. The summed E-state index contributed by atoms with van der Waals surface area (Å²) in [6.07, 6.45) is 10.4. The van der Waals surface area contributed by atoms with Crippen molar-refractivity contribution in [1.82, 2.24) is 19.7 Å². The third-order valence-corrected chi connectivity index (χ3v) is 5.38. The van der Waals surface area contributed by atoms with Gasteiger partial charge in [0, 0.05) is 25.5 Å². The van der Waals surface area contributed by atoms with Gasteiger partial charge in [0.05, 0.1) is 22.3 Å². The van der Waals surface area contributed by atoms with Crippen molar-refractivity contribution < 1.29 is 4.79 Å². The zero-order valence-corrected chi connectivity index (χ0v) is 15.1. The lowest BCUT2D eigenvalue weighted by molar-refractivity contribution is -0.122. The number of fused-ring (bicyclic) bond motifs is 2. The number of rotatable bonds is 5. The number of anilines is 3. The molecule has 2 bridgehead atoms. The van der Waals surface area contributed by atoms with E-state index in [1.807, 2.05) is 13.2 Å². The molecular formula is C16H18BrN7O. The molecule has 1 amide bonds. The molecule has 0 aliphatic heterocycles. The second-order valence-corrected chi connectivity index (χ2v) is 7.32. The van der Waals surface area contributed by atoms with Crippen LogP contribution < -0.4 is 16.4 Å². The zero-order valence-electron chi connectivity index (χ0n) is 13.6. The van der Waals surface area contributed by atoms with Crippen molar-refractivity contribution >= 4 is 39.3 Å². The fourth-order valence-electron chi connectivity index (χ4n) is 3.71. The van der Waals surface area contributed by atoms with Crippen LogP contribution in [0.4, 0.5) is 17.5 Å². The van der Waals surface area contributed by atoms with Crippen LogP contribution in [0.2, 0.25) is 0 Å². The van der Waals surface area contributed by atoms with Crippen LogP contribution in [0.3, 0.4) is 0 Å². The predicted octanol–water partition coefficient (Wildman–Crippen LogP) is 1.80. The number of carbonyl (C=O) groups excluding carboxylic acids is 1. The highest BCUT2D eigenvalue weighted by atomic mass is 79.9. The molecule has 2 aromatic rings. The van der Waals surface area contributed by atoms with Crippen molar-refractivity contribution in [3.05, 3.63) is 35.2 Å². The number of amides is 1. The molecule has 4 rings (SSSR count). The number of hydrogen-bond donors (Lipinski definition) is 3. The maximum absolute atomic E-state index is 11.9. The Morgan fingerprint density at radius 2 is 2.16 bits per heavy atom. The third kappa shape index (κ3) is 2.99. The highest BCUT2D eigenvalue weighted by molar-refractivity contribution is 9.10. The van der Waals surface area contributed by atoms with E-state index in [4.69, 9.17) is 5.73 Å². The highest BCUT2D eigenvalue weighted by Gasteiger charge is 2.47. The van der Waals surface area contributed by atoms with Gasteiger partial charge in [-0.05, 0) is 34.2 Å². The van der Waals surface area contributed by atoms with Crippen LogP contribution >= 0.6 is 15.9 Å². The fourth-order valence-corrected chi connectivity index (χ4v) is 4.01. The van der Waals surface area contributed by atoms with Gasteiger partial charge >= 0.3 is 0 Å². The largest absolute Gasteiger partial charge is 0.369 e. The van der Waals surface area contributed by atoms with E-state index in [0.717, 1.165) is 16.6 Å². The minimum absolute atomic E-state index is 0.0510. The van der Waals surface area contributed by atoms with Gasteiger partial charge in [0.15, 0.2) is 0 Å². The number of primary amides is 1. The summed E-state index contributed by atoms with van der Waals surface area (Å²) in [6.45, 7) is 0. The van der Waals surface area contributed by atoms with E-state index < -0.39 is 0 Å². The molecule has 130 valence electrons. The average Bonchev–Trinajstić information content (AvgIpc) is 3.26. The van der Waals surface area contributed by atoms with Crippen LogP contribution in [0.15, 0.2) is 35.2 Å². The molecule has 0 spiro atoms. The van der Waals surface area contributed by atoms with Gasteiger partial charge in [0.2, 0.25) is 11.9 Å². The molecule has 0 unspecified atom stereocenters. The average molecular weight is 404 g/mol. The number of nitrogens with two attached hydrogens (primary N) is 1. The summed E-state index contributed by atoms with van der Waals surface area (Å²) in [5.41, 5.74) is 6.42. The lowest BCUT2D eigenvalue weighted by Gasteiger charge is -2.27. The SMILES string of the molecule is Cn1cc(Nc2ncc(Br)c(N[C@@H]3[C@H](C(N)=O)[C@@H]4C=C[C@@H]3C4)n2)cn1. The van der Waals surface area contributed by atoms with Crippen LogP contribution in [0.25, 0.3) is 0 Å². The standard InChI is InChI=1S/C16H18BrN7O/c1-24-7-10(5-20-24)21-16-19-6-11(17)15(23-16)22-13-9-3-2-8(4-9)12(13)14(18)25/h2-3,5-9,12-13H,4H2,1H3,(H2,18,25)(H2,19,21,22,23)/t8-,9-,12-,13+/m1/s1. The highest BCUT2D eigenvalue weighted by Crippen LogP contribution is 2.45. The Morgan fingerprint density at radius 3 is 2.88 bits per heavy atom. The first-order chi connectivity index (χ1) is 12.0. The van der Waals surface area contributed by atoms with Gasteiger partial charge in [-0.3, -0.25) is 9.48 Å². The number of hydrogen-bond acceptors (Lipinski definition) is 6. The summed E-state index contributed by atoms with van der Waals surface area (Å²) in [5.74, 6) is 1.11. The topological polar surface area (TPSA) is 111 Å². The number of halogens is 1. The molecule has 4 N–H and O–H groups in total. The van der Waals surface area contributed by atoms with Gasteiger partial charge in [-0.15, -0.1) is 0 Å². The number of aryl methyl sites for hydroxylation is 1. The lowest BCUT2D eigenvalue weighted by atomic mass is 9.88. The summed E-state index contributed by atoms with van der Waals surface area (Å²) in [4.78, 5) is 20.7. The van der Waals surface area contributed by atoms with Crippen molar-refractivity contribution in [1.29, 1.82) is 0 Å². The molecule has 8 nitrogen and oxygen atoms in total. The molecule has 2 heterocycles. The van der Waals surface area contributed by atoms with Gasteiger partial charge < -0.3 is 16.4 Å². The minimum Gasteiger partial charge on any atom is -0.369 e. The van der Waals surface area contributed by atoms with Crippen molar-refractivity contribution in [2.75, 3.05) is 10.6 Å². The minimum atomic E-state index is -0.270. The van der Waals surface area contributed by atoms with Crippen LogP contribution in [0.5, 0.6) is 0 Å². The Labute approximate surface area is 153 Å². The molecule has 0 saturated heterocycles. The molecule has 1 saturated carbocycles. The van der Waals surface area contributed by atoms with Crippen molar-refractivity contribution in [2.24, 2.45) is 30.5 Å². The van der Waals surface area contributed by atoms with Gasteiger partial charge in [-0.2, -0.15) is 10.1 Å². The molecule has 25 heavy (non-hydrogen) atoms. The van der Waals surface area contributed by atoms with E-state index in [-0.39, 0.29) is 23.8 Å². The van der Waals surface area contributed by atoms with E-state index >= 15 is 0 Å². The molecule has 2 aliphatic rings. The summed E-state index contributed by atoms with van der Waals surface area (Å²) in [7, 11) is 1.84. The Balaban J connectivity index is 1.57. The smallest absolute Gasteiger partial charge is 0.229 e. The quantitative estimate of drug-likeness (QED) is 0.656. The van der Waals surface area contributed by atoms with Gasteiger partial charge in [0.1, 0.15) is 5.82 Å². The van der Waals surface area contributed by atoms with E-state index in [1.165, 1.54) is 0 Å². The number of allylic oxidation sites excluding steroid dienone is 1. The Kier molecular flexibility index (Phi) is 3.95. The second kappa shape index (κ2) is 6.14. The predicted molar refractivity (Wildman–Crippen MR) is 97.1 cm³/mol. The number of carbonyl (C=O) groups is 1. The van der Waals surface area contributed by atoms with Gasteiger partial charge in [-0.1, -0.05) is 12.2 Å². The van der Waals surface area contributed by atoms with Gasteiger partial charge in [-0.25, -0.2) is 4.98 Å². The first-order valence-electron chi connectivity index (χ1n) is 8.03. The van der Waals surface area contributed by atoms with E-state index in [2.05, 4.69) is 53.8 Å². The maximum atomic E-state index is 11.9. The fraction of sp³-hybridized carbons (Fsp3) is 0.375. The van der Waals surface area contributed by atoms with Crippen LogP contribution in [-0.2, 0) is 11.8 Å². The molecule has 9 heteroatoms. The number of nitrogens with one attached hydrogen (secondary N) is 2. The monoisotopic (exact) mass is 403 g/mol. The molecular weight excluding hydrogens is 386 g/mol. The second-order valence-electron chi connectivity index (χ2n) is 6.46. The van der Waals surface area contributed by atoms with E-state index in [0.29, 0.717) is 17.7 Å². The normalized spacial score (nSPS) is 26.8. The van der Waals surface area contributed by atoms with Crippen molar-refractivity contribution in [3.8, 4) is 0 Å². The molecule has 0 aromatic carbocycles. The number of nitrogens with zero attached hydrogens (tertiary/aromatic N) is 4. The van der Waals surface area contributed by atoms with Crippen molar-refractivity contribution in [2.45, 2.75) is 12.5 Å². The molecule has 2 aromatic heterocycles. The summed E-state index contributed by atoms with van der Waals surface area (Å²) in [5, 5.41) is 10.6. The van der Waals surface area contributed by atoms with Gasteiger partial charge in [0.25, 0.3) is 0 Å². The zero-order chi connectivity index (χ0) is 17.6. The van der Waals surface area contributed by atoms with Crippen LogP contribution in [0, 0.1) is 17.8 Å². The van der Waals surface area contributed by atoms with Crippen LogP contribution in [0.1, 0.15) is 6.42 Å². The Morgan fingerprint density at radius 1 is 1.36 bits per heavy atom. The molecule has 0 radical (unpaired) electrons. The van der Waals surface area contributed by atoms with E-state index in [9.17, 15) is 4.79 Å². The Hall–Kier alpha value is -2.42. The summed E-state index contributed by atoms with van der Waals surface area (Å²) >= 11 is 3.47. The lowest BCUT2D eigenvalue weighted by Crippen LogP contribution is -2.41. The molecule has 1 fully saturated rings.